The van der Waals surface area contributed by atoms with Gasteiger partial charge in [-0.3, -0.25) is 9.59 Å². The standard InChI is InChI=1S/C12H19N3O2/c1-3-15(4-2)8-7-14-12(17)10-9-13-6-5-11(10)16/h5-6,9H,3-4,7-8H2,1-2H3,(H,13,16)(H,14,17). The van der Waals surface area contributed by atoms with Crippen LogP contribution in [0.1, 0.15) is 24.2 Å². The summed E-state index contributed by atoms with van der Waals surface area (Å²) >= 11 is 0. The average Bonchev–Trinajstić information content (AvgIpc) is 2.35. The molecule has 1 aromatic heterocycles. The molecule has 1 amide bonds. The number of aromatic nitrogens is 1. The lowest BCUT2D eigenvalue weighted by molar-refractivity contribution is 0.0947. The second kappa shape index (κ2) is 6.85. The van der Waals surface area contributed by atoms with Gasteiger partial charge in [-0.15, -0.1) is 0 Å². The smallest absolute Gasteiger partial charge is 0.256 e. The van der Waals surface area contributed by atoms with E-state index in [1.54, 1.807) is 0 Å². The molecule has 5 nitrogen and oxygen atoms in total. The number of carbonyl (C=O) groups is 1. The second-order valence-corrected chi connectivity index (χ2v) is 3.71. The molecule has 0 radical (unpaired) electrons. The van der Waals surface area contributed by atoms with Gasteiger partial charge in [-0.1, -0.05) is 13.8 Å². The van der Waals surface area contributed by atoms with Crippen LogP contribution in [0.5, 0.6) is 0 Å². The van der Waals surface area contributed by atoms with Crippen molar-refractivity contribution in [1.29, 1.82) is 0 Å². The fourth-order valence-corrected chi connectivity index (χ4v) is 1.56. The van der Waals surface area contributed by atoms with Crippen LogP contribution in [-0.4, -0.2) is 42.0 Å². The van der Waals surface area contributed by atoms with E-state index in [0.717, 1.165) is 19.6 Å². The predicted octanol–water partition coefficient (Wildman–Crippen LogP) is 0.446. The summed E-state index contributed by atoms with van der Waals surface area (Å²) in [5.74, 6) is -0.320. The Labute approximate surface area is 101 Å². The first-order chi connectivity index (χ1) is 8.19. The van der Waals surface area contributed by atoms with Gasteiger partial charge in [0.2, 0.25) is 0 Å². The molecule has 0 bridgehead atoms. The molecular formula is C12H19N3O2. The maximum Gasteiger partial charge on any atom is 0.256 e. The monoisotopic (exact) mass is 237 g/mol. The molecule has 5 heteroatoms. The number of nitrogens with zero attached hydrogens (tertiary/aromatic N) is 1. The van der Waals surface area contributed by atoms with Crippen molar-refractivity contribution in [2.24, 2.45) is 0 Å². The SMILES string of the molecule is CCN(CC)CCNC(=O)c1c[nH]ccc1=O. The zero-order valence-corrected chi connectivity index (χ0v) is 10.3. The minimum Gasteiger partial charge on any atom is -0.367 e. The van der Waals surface area contributed by atoms with Crippen LogP contribution >= 0.6 is 0 Å². The highest BCUT2D eigenvalue weighted by atomic mass is 16.2. The molecule has 0 atom stereocenters. The lowest BCUT2D eigenvalue weighted by Crippen LogP contribution is -2.36. The van der Waals surface area contributed by atoms with E-state index in [2.05, 4.69) is 29.0 Å². The lowest BCUT2D eigenvalue weighted by Gasteiger charge is -2.17. The second-order valence-electron chi connectivity index (χ2n) is 3.71. The summed E-state index contributed by atoms with van der Waals surface area (Å²) in [7, 11) is 0. The van der Waals surface area contributed by atoms with Crippen molar-refractivity contribution in [3.63, 3.8) is 0 Å². The van der Waals surface area contributed by atoms with Crippen LogP contribution in [0.15, 0.2) is 23.3 Å². The van der Waals surface area contributed by atoms with Crippen molar-refractivity contribution in [3.05, 3.63) is 34.2 Å². The summed E-state index contributed by atoms with van der Waals surface area (Å²) in [4.78, 5) is 28.0. The number of H-pyrrole nitrogens is 1. The van der Waals surface area contributed by atoms with E-state index >= 15 is 0 Å². The van der Waals surface area contributed by atoms with E-state index in [1.165, 1.54) is 18.5 Å². The maximum absolute atomic E-state index is 11.7. The number of aromatic amines is 1. The van der Waals surface area contributed by atoms with Crippen molar-refractivity contribution in [3.8, 4) is 0 Å². The van der Waals surface area contributed by atoms with Crippen molar-refractivity contribution < 1.29 is 4.79 Å². The van der Waals surface area contributed by atoms with Crippen molar-refractivity contribution in [2.45, 2.75) is 13.8 Å². The first kappa shape index (κ1) is 13.4. The molecule has 2 N–H and O–H groups in total. The molecule has 0 aliphatic carbocycles. The minimum atomic E-state index is -0.320. The molecule has 1 aromatic rings. The van der Waals surface area contributed by atoms with Crippen LogP contribution in [0, 0.1) is 0 Å². The van der Waals surface area contributed by atoms with Crippen molar-refractivity contribution in [1.82, 2.24) is 15.2 Å². The van der Waals surface area contributed by atoms with Crippen molar-refractivity contribution >= 4 is 5.91 Å². The third-order valence-corrected chi connectivity index (χ3v) is 2.68. The number of likely N-dealkylation sites (N-methyl/N-ethyl adjacent to an activating group) is 1. The number of hydrogen-bond donors (Lipinski definition) is 2. The molecule has 0 aliphatic rings. The van der Waals surface area contributed by atoms with Crippen LogP contribution in [0.2, 0.25) is 0 Å². The largest absolute Gasteiger partial charge is 0.367 e. The van der Waals surface area contributed by atoms with E-state index in [4.69, 9.17) is 0 Å². The lowest BCUT2D eigenvalue weighted by atomic mass is 10.2. The Morgan fingerprint density at radius 3 is 2.71 bits per heavy atom. The Balaban J connectivity index is 2.46. The molecular weight excluding hydrogens is 218 g/mol. The molecule has 0 saturated heterocycles. The fraction of sp³-hybridized carbons (Fsp3) is 0.500. The highest BCUT2D eigenvalue weighted by Crippen LogP contribution is 1.89. The number of hydrogen-bond acceptors (Lipinski definition) is 3. The van der Waals surface area contributed by atoms with Gasteiger partial charge < -0.3 is 15.2 Å². The zero-order valence-electron chi connectivity index (χ0n) is 10.3. The first-order valence-corrected chi connectivity index (χ1v) is 5.86. The number of nitrogens with one attached hydrogen (secondary N) is 2. The Morgan fingerprint density at radius 2 is 2.12 bits per heavy atom. The highest BCUT2D eigenvalue weighted by Gasteiger charge is 2.08. The van der Waals surface area contributed by atoms with Gasteiger partial charge in [-0.2, -0.15) is 0 Å². The first-order valence-electron chi connectivity index (χ1n) is 5.86. The van der Waals surface area contributed by atoms with Gasteiger partial charge >= 0.3 is 0 Å². The third-order valence-electron chi connectivity index (χ3n) is 2.68. The van der Waals surface area contributed by atoms with E-state index in [0.29, 0.717) is 6.54 Å². The van der Waals surface area contributed by atoms with Gasteiger partial charge in [-0.25, -0.2) is 0 Å². The van der Waals surface area contributed by atoms with E-state index in [1.807, 2.05) is 0 Å². The average molecular weight is 237 g/mol. The number of amides is 1. The Kier molecular flexibility index (Phi) is 5.42. The summed E-state index contributed by atoms with van der Waals surface area (Å²) in [6, 6.07) is 1.35. The van der Waals surface area contributed by atoms with Crippen LogP contribution in [0.25, 0.3) is 0 Å². The van der Waals surface area contributed by atoms with Crippen LogP contribution in [0.4, 0.5) is 0 Å². The molecule has 94 valence electrons. The summed E-state index contributed by atoms with van der Waals surface area (Å²) in [5.41, 5.74) is -0.101. The quantitative estimate of drug-likeness (QED) is 0.755. The van der Waals surface area contributed by atoms with Crippen LogP contribution in [-0.2, 0) is 0 Å². The van der Waals surface area contributed by atoms with Gasteiger partial charge in [0.15, 0.2) is 5.43 Å². The molecule has 0 fully saturated rings. The third kappa shape index (κ3) is 4.03. The molecule has 0 saturated carbocycles. The van der Waals surface area contributed by atoms with Crippen molar-refractivity contribution in [2.75, 3.05) is 26.2 Å². The molecule has 17 heavy (non-hydrogen) atoms. The molecule has 1 rings (SSSR count). The van der Waals surface area contributed by atoms with E-state index in [-0.39, 0.29) is 16.9 Å². The zero-order chi connectivity index (χ0) is 12.7. The van der Waals surface area contributed by atoms with E-state index in [9.17, 15) is 9.59 Å². The topological polar surface area (TPSA) is 65.2 Å². The maximum atomic E-state index is 11.7. The van der Waals surface area contributed by atoms with Gasteiger partial charge in [0.1, 0.15) is 5.56 Å². The van der Waals surface area contributed by atoms with Gasteiger partial charge in [0.05, 0.1) is 0 Å². The highest BCUT2D eigenvalue weighted by molar-refractivity contribution is 5.93. The van der Waals surface area contributed by atoms with Gasteiger partial charge in [0, 0.05) is 31.5 Å². The Bertz CT molecular complexity index is 410. The molecule has 1 heterocycles. The summed E-state index contributed by atoms with van der Waals surface area (Å²) in [5, 5.41) is 2.74. The number of carbonyl (C=O) groups excluding carboxylic acids is 1. The number of rotatable bonds is 6. The van der Waals surface area contributed by atoms with Gasteiger partial charge in [-0.05, 0) is 13.1 Å². The summed E-state index contributed by atoms with van der Waals surface area (Å²) in [6.45, 7) is 7.41. The minimum absolute atomic E-state index is 0.159. The summed E-state index contributed by atoms with van der Waals surface area (Å²) < 4.78 is 0. The Morgan fingerprint density at radius 1 is 1.41 bits per heavy atom. The van der Waals surface area contributed by atoms with Crippen LogP contribution < -0.4 is 10.7 Å². The number of pyridine rings is 1. The normalized spacial score (nSPS) is 10.5. The molecule has 0 spiro atoms. The summed E-state index contributed by atoms with van der Waals surface area (Å²) in [6.07, 6.45) is 2.93. The predicted molar refractivity (Wildman–Crippen MR) is 67.2 cm³/mol. The van der Waals surface area contributed by atoms with Gasteiger partial charge in [0.25, 0.3) is 5.91 Å². The molecule has 0 unspecified atom stereocenters. The van der Waals surface area contributed by atoms with Crippen LogP contribution in [0.3, 0.4) is 0 Å². The van der Waals surface area contributed by atoms with E-state index < -0.39 is 0 Å². The molecule has 0 aromatic carbocycles. The molecule has 0 aliphatic heterocycles. The Hall–Kier alpha value is -1.62. The fourth-order valence-electron chi connectivity index (χ4n) is 1.56.